The summed E-state index contributed by atoms with van der Waals surface area (Å²) in [6.07, 6.45) is 1.64. The lowest BCUT2D eigenvalue weighted by Gasteiger charge is -2.25. The summed E-state index contributed by atoms with van der Waals surface area (Å²) < 4.78 is 24.5. The molecule has 1 aliphatic rings. The van der Waals surface area contributed by atoms with E-state index in [4.69, 9.17) is 18.9 Å². The molecule has 0 bridgehead atoms. The lowest BCUT2D eigenvalue weighted by molar-refractivity contribution is -0.136. The molecule has 0 fully saturated rings. The van der Waals surface area contributed by atoms with Gasteiger partial charge in [-0.05, 0) is 62.7 Å². The van der Waals surface area contributed by atoms with Crippen LogP contribution in [0.1, 0.15) is 44.9 Å². The van der Waals surface area contributed by atoms with Crippen LogP contribution in [-0.4, -0.2) is 36.8 Å². The summed E-state index contributed by atoms with van der Waals surface area (Å²) in [5.41, 5.74) is 1.48. The highest BCUT2D eigenvalue weighted by Crippen LogP contribution is 2.36. The van der Waals surface area contributed by atoms with Gasteiger partial charge in [-0.15, -0.1) is 0 Å². The van der Waals surface area contributed by atoms with Gasteiger partial charge in [-0.25, -0.2) is 9.79 Å². The zero-order chi connectivity index (χ0) is 28.3. The molecule has 3 aromatic rings. The van der Waals surface area contributed by atoms with Gasteiger partial charge in [0.25, 0.3) is 5.56 Å². The van der Waals surface area contributed by atoms with Crippen molar-refractivity contribution in [1.82, 2.24) is 4.57 Å². The van der Waals surface area contributed by atoms with Crippen molar-refractivity contribution in [3.05, 3.63) is 83.0 Å². The molecule has 4 rings (SSSR count). The van der Waals surface area contributed by atoms with Crippen molar-refractivity contribution in [2.75, 3.05) is 20.3 Å². The van der Waals surface area contributed by atoms with E-state index in [1.807, 2.05) is 13.8 Å². The Morgan fingerprint density at radius 2 is 1.77 bits per heavy atom. The van der Waals surface area contributed by atoms with Crippen molar-refractivity contribution in [2.24, 2.45) is 4.99 Å². The highest BCUT2D eigenvalue weighted by molar-refractivity contribution is 9.10. The SMILES string of the molecule is CCOc1ccc([C@@H]2C(C(=O)OC)=C(C)N=c3s/c(=C\c4cc(Br)ccc4OC(C)=O)c(=O)n32)cc1OCC. The number of carbonyl (C=O) groups is 2. The molecule has 0 unspecified atom stereocenters. The maximum atomic E-state index is 13.9. The molecule has 1 aromatic heterocycles. The average molecular weight is 616 g/mol. The first-order chi connectivity index (χ1) is 18.7. The smallest absolute Gasteiger partial charge is 0.338 e. The minimum absolute atomic E-state index is 0.242. The van der Waals surface area contributed by atoms with Gasteiger partial charge in [-0.2, -0.15) is 0 Å². The first-order valence-corrected chi connectivity index (χ1v) is 13.8. The van der Waals surface area contributed by atoms with Crippen LogP contribution in [0.3, 0.4) is 0 Å². The summed E-state index contributed by atoms with van der Waals surface area (Å²) in [5, 5.41) is 0. The van der Waals surface area contributed by atoms with Gasteiger partial charge < -0.3 is 18.9 Å². The quantitative estimate of drug-likeness (QED) is 0.280. The maximum Gasteiger partial charge on any atom is 0.338 e. The monoisotopic (exact) mass is 614 g/mol. The van der Waals surface area contributed by atoms with Crippen LogP contribution >= 0.6 is 27.3 Å². The lowest BCUT2D eigenvalue weighted by Crippen LogP contribution is -2.39. The fourth-order valence-corrected chi connectivity index (χ4v) is 5.68. The molecule has 2 heterocycles. The minimum atomic E-state index is -0.818. The van der Waals surface area contributed by atoms with E-state index in [0.29, 0.717) is 56.6 Å². The highest BCUT2D eigenvalue weighted by Gasteiger charge is 2.33. The molecule has 0 amide bonds. The Bertz CT molecular complexity index is 1650. The summed E-state index contributed by atoms with van der Waals surface area (Å²) in [7, 11) is 1.29. The molecule has 0 saturated heterocycles. The summed E-state index contributed by atoms with van der Waals surface area (Å²) in [4.78, 5) is 43.5. The van der Waals surface area contributed by atoms with E-state index in [2.05, 4.69) is 20.9 Å². The van der Waals surface area contributed by atoms with Crippen molar-refractivity contribution < 1.29 is 28.5 Å². The maximum absolute atomic E-state index is 13.9. The van der Waals surface area contributed by atoms with Crippen LogP contribution in [-0.2, 0) is 14.3 Å². The predicted molar refractivity (Wildman–Crippen MR) is 150 cm³/mol. The summed E-state index contributed by atoms with van der Waals surface area (Å²) in [6, 6.07) is 9.64. The number of hydrogen-bond donors (Lipinski definition) is 0. The van der Waals surface area contributed by atoms with E-state index in [-0.39, 0.29) is 11.1 Å². The topological polar surface area (TPSA) is 105 Å². The second-order valence-electron chi connectivity index (χ2n) is 8.42. The van der Waals surface area contributed by atoms with Gasteiger partial charge in [0.2, 0.25) is 0 Å². The molecule has 1 aliphatic heterocycles. The van der Waals surface area contributed by atoms with Crippen LogP contribution in [0.5, 0.6) is 17.2 Å². The van der Waals surface area contributed by atoms with Gasteiger partial charge in [0.05, 0.1) is 42.2 Å². The third-order valence-electron chi connectivity index (χ3n) is 5.82. The van der Waals surface area contributed by atoms with Crippen molar-refractivity contribution >= 4 is 45.3 Å². The van der Waals surface area contributed by atoms with E-state index in [9.17, 15) is 14.4 Å². The molecule has 39 heavy (non-hydrogen) atoms. The number of hydrogen-bond acceptors (Lipinski definition) is 9. The third kappa shape index (κ3) is 5.84. The predicted octanol–water partition coefficient (Wildman–Crippen LogP) is 3.89. The molecule has 204 valence electrons. The molecule has 0 saturated carbocycles. The first kappa shape index (κ1) is 28.3. The van der Waals surface area contributed by atoms with E-state index >= 15 is 0 Å². The Balaban J connectivity index is 1.97. The van der Waals surface area contributed by atoms with E-state index in [0.717, 1.165) is 4.47 Å². The normalized spacial score (nSPS) is 14.9. The highest BCUT2D eigenvalue weighted by atomic mass is 79.9. The molecule has 2 aromatic carbocycles. The van der Waals surface area contributed by atoms with Crippen LogP contribution < -0.4 is 29.1 Å². The number of thiazole rings is 1. The Labute approximate surface area is 237 Å². The molecular weight excluding hydrogens is 588 g/mol. The Morgan fingerprint density at radius 1 is 1.08 bits per heavy atom. The number of aromatic nitrogens is 1. The van der Waals surface area contributed by atoms with Crippen LogP contribution in [0.25, 0.3) is 6.08 Å². The number of fused-ring (bicyclic) bond motifs is 1. The number of halogens is 1. The minimum Gasteiger partial charge on any atom is -0.490 e. The lowest BCUT2D eigenvalue weighted by atomic mass is 9.95. The Morgan fingerprint density at radius 3 is 2.44 bits per heavy atom. The largest absolute Gasteiger partial charge is 0.490 e. The number of allylic oxidation sites excluding steroid dienone is 1. The van der Waals surface area contributed by atoms with Crippen LogP contribution in [0.15, 0.2) is 61.9 Å². The zero-order valence-corrected chi connectivity index (χ0v) is 24.5. The van der Waals surface area contributed by atoms with Crippen LogP contribution in [0.2, 0.25) is 0 Å². The van der Waals surface area contributed by atoms with Gasteiger partial charge in [-0.1, -0.05) is 33.3 Å². The number of rotatable bonds is 8. The third-order valence-corrected chi connectivity index (χ3v) is 7.30. The molecule has 9 nitrogen and oxygen atoms in total. The van der Waals surface area contributed by atoms with Crippen molar-refractivity contribution in [1.29, 1.82) is 0 Å². The summed E-state index contributed by atoms with van der Waals surface area (Å²) in [5.74, 6) is 0.299. The number of nitrogens with zero attached hydrogens (tertiary/aromatic N) is 2. The van der Waals surface area contributed by atoms with Crippen molar-refractivity contribution in [3.8, 4) is 17.2 Å². The van der Waals surface area contributed by atoms with Crippen LogP contribution in [0.4, 0.5) is 0 Å². The van der Waals surface area contributed by atoms with Crippen molar-refractivity contribution in [3.63, 3.8) is 0 Å². The molecule has 0 aliphatic carbocycles. The van der Waals surface area contributed by atoms with Gasteiger partial charge in [0, 0.05) is 17.0 Å². The number of esters is 2. The second-order valence-corrected chi connectivity index (χ2v) is 10.3. The van der Waals surface area contributed by atoms with Gasteiger partial charge in [0.15, 0.2) is 16.3 Å². The first-order valence-electron chi connectivity index (χ1n) is 12.2. The molecule has 1 atom stereocenters. The van der Waals surface area contributed by atoms with Crippen molar-refractivity contribution in [2.45, 2.75) is 33.7 Å². The average Bonchev–Trinajstić information content (AvgIpc) is 3.19. The van der Waals surface area contributed by atoms with E-state index in [1.54, 1.807) is 49.4 Å². The Kier molecular flexibility index (Phi) is 8.71. The number of benzene rings is 2. The number of carbonyl (C=O) groups excluding carboxylic acids is 2. The molecule has 0 spiro atoms. The second kappa shape index (κ2) is 12.0. The van der Waals surface area contributed by atoms with Gasteiger partial charge in [0.1, 0.15) is 5.75 Å². The number of ether oxygens (including phenoxy) is 4. The number of methoxy groups -OCH3 is 1. The van der Waals surface area contributed by atoms with E-state index < -0.39 is 18.0 Å². The standard InChI is InChI=1S/C28H27BrN2O7S/c1-6-36-21-10-8-17(13-22(21)37-7-2)25-24(27(34)35-5)15(3)30-28-31(25)26(33)23(39-28)14-18-12-19(29)9-11-20(18)38-16(4)32/h8-14,25H,6-7H2,1-5H3/b23-14-/t25-/m1/s1. The summed E-state index contributed by atoms with van der Waals surface area (Å²) in [6.45, 7) is 7.61. The van der Waals surface area contributed by atoms with E-state index in [1.165, 1.54) is 29.9 Å². The molecule has 11 heteroatoms. The van der Waals surface area contributed by atoms with Crippen LogP contribution in [0, 0.1) is 0 Å². The molecule has 0 N–H and O–H groups in total. The fourth-order valence-electron chi connectivity index (χ4n) is 4.27. The van der Waals surface area contributed by atoms with Gasteiger partial charge in [-0.3, -0.25) is 14.2 Å². The summed E-state index contributed by atoms with van der Waals surface area (Å²) >= 11 is 4.60. The fraction of sp³-hybridized carbons (Fsp3) is 0.286. The molecular formula is C28H27BrN2O7S. The Hall–Kier alpha value is -3.70. The zero-order valence-electron chi connectivity index (χ0n) is 22.1. The molecule has 0 radical (unpaired) electrons. The van der Waals surface area contributed by atoms with Gasteiger partial charge >= 0.3 is 11.9 Å².